The lowest BCUT2D eigenvalue weighted by atomic mass is 9.95. The van der Waals surface area contributed by atoms with E-state index in [1.165, 1.54) is 11.1 Å². The first-order chi connectivity index (χ1) is 7.38. The van der Waals surface area contributed by atoms with Crippen LogP contribution in [-0.4, -0.2) is 0 Å². The minimum atomic E-state index is 0.290. The number of hydrogen-bond acceptors (Lipinski definition) is 0. The van der Waals surface area contributed by atoms with Crippen molar-refractivity contribution in [1.82, 2.24) is 0 Å². The summed E-state index contributed by atoms with van der Waals surface area (Å²) in [5.74, 6) is 0.624. The Kier molecular flexibility index (Phi) is 4.35. The first-order valence-corrected chi connectivity index (χ1v) is 6.15. The molecule has 0 amide bonds. The Labute approximate surface area is 100 Å². The van der Waals surface area contributed by atoms with E-state index in [0.717, 1.165) is 6.42 Å². The first-order valence-electron chi connectivity index (χ1n) is 6.15. The van der Waals surface area contributed by atoms with Crippen LogP contribution in [0.2, 0.25) is 0 Å². The third-order valence-electron chi connectivity index (χ3n) is 2.62. The van der Waals surface area contributed by atoms with Crippen molar-refractivity contribution in [2.45, 2.75) is 47.0 Å². The molecular formula is C16H24. The summed E-state index contributed by atoms with van der Waals surface area (Å²) in [4.78, 5) is 0. The maximum atomic E-state index is 2.28. The second kappa shape index (κ2) is 5.34. The van der Waals surface area contributed by atoms with E-state index in [2.05, 4.69) is 71.0 Å². The van der Waals surface area contributed by atoms with Gasteiger partial charge in [0.2, 0.25) is 0 Å². The predicted octanol–water partition coefficient (Wildman–Crippen LogP) is 4.95. The molecule has 0 atom stereocenters. The third-order valence-corrected chi connectivity index (χ3v) is 2.62. The van der Waals surface area contributed by atoms with E-state index in [0.29, 0.717) is 5.92 Å². The summed E-state index contributed by atoms with van der Waals surface area (Å²) in [5, 5.41) is 0. The maximum Gasteiger partial charge on any atom is -0.00972 e. The van der Waals surface area contributed by atoms with Gasteiger partial charge in [0.05, 0.1) is 0 Å². The first kappa shape index (κ1) is 13.0. The van der Waals surface area contributed by atoms with E-state index in [1.54, 1.807) is 0 Å². The van der Waals surface area contributed by atoms with Crippen molar-refractivity contribution in [1.29, 1.82) is 0 Å². The number of benzene rings is 1. The van der Waals surface area contributed by atoms with Gasteiger partial charge in [0.25, 0.3) is 0 Å². The van der Waals surface area contributed by atoms with Crippen LogP contribution < -0.4 is 0 Å². The Bertz CT molecular complexity index is 333. The van der Waals surface area contributed by atoms with Gasteiger partial charge in [-0.25, -0.2) is 0 Å². The molecule has 0 aromatic heterocycles. The van der Waals surface area contributed by atoms with Crippen LogP contribution in [0.3, 0.4) is 0 Å². The van der Waals surface area contributed by atoms with Crippen molar-refractivity contribution in [3.63, 3.8) is 0 Å². The molecule has 0 N–H and O–H groups in total. The molecule has 0 radical (unpaired) electrons. The third kappa shape index (κ3) is 4.65. The van der Waals surface area contributed by atoms with Gasteiger partial charge in [-0.05, 0) is 28.9 Å². The molecule has 1 rings (SSSR count). The second-order valence-electron chi connectivity index (χ2n) is 5.87. The maximum absolute atomic E-state index is 2.28. The lowest BCUT2D eigenvalue weighted by molar-refractivity contribution is 0.542. The second-order valence-corrected chi connectivity index (χ2v) is 5.87. The molecule has 0 fully saturated rings. The summed E-state index contributed by atoms with van der Waals surface area (Å²) < 4.78 is 0. The van der Waals surface area contributed by atoms with Crippen LogP contribution in [0, 0.1) is 5.41 Å². The zero-order valence-electron chi connectivity index (χ0n) is 11.2. The zero-order chi connectivity index (χ0) is 12.2. The Morgan fingerprint density at radius 2 is 1.62 bits per heavy atom. The topological polar surface area (TPSA) is 0 Å². The number of hydrogen-bond donors (Lipinski definition) is 0. The minimum absolute atomic E-state index is 0.290. The molecule has 1 aromatic rings. The molecule has 0 nitrogen and oxygen atoms in total. The molecule has 0 aliphatic rings. The smallest absolute Gasteiger partial charge is 0.00972 e. The van der Waals surface area contributed by atoms with E-state index in [1.807, 2.05) is 0 Å². The highest BCUT2D eigenvalue weighted by Gasteiger charge is 2.03. The van der Waals surface area contributed by atoms with Crippen molar-refractivity contribution in [3.8, 4) is 0 Å². The van der Waals surface area contributed by atoms with Gasteiger partial charge < -0.3 is 0 Å². The molecule has 0 saturated heterocycles. The van der Waals surface area contributed by atoms with Crippen LogP contribution in [0.15, 0.2) is 36.4 Å². The normalized spacial score (nSPS) is 12.6. The Morgan fingerprint density at radius 3 is 2.06 bits per heavy atom. The van der Waals surface area contributed by atoms with E-state index in [9.17, 15) is 0 Å². The molecule has 0 aliphatic heterocycles. The number of allylic oxidation sites excluding steroid dienone is 2. The largest absolute Gasteiger partial charge is 0.0836 e. The molecule has 1 aromatic carbocycles. The fourth-order valence-corrected chi connectivity index (χ4v) is 1.59. The SMILES string of the molecule is CC(C)c1ccc(C/C=C/C(C)(C)C)cc1. The highest BCUT2D eigenvalue weighted by Crippen LogP contribution is 2.17. The lowest BCUT2D eigenvalue weighted by Gasteiger charge is -2.11. The molecule has 16 heavy (non-hydrogen) atoms. The van der Waals surface area contributed by atoms with Gasteiger partial charge in [0.15, 0.2) is 0 Å². The molecule has 0 bridgehead atoms. The average Bonchev–Trinajstić information content (AvgIpc) is 2.16. The zero-order valence-corrected chi connectivity index (χ0v) is 11.2. The quantitative estimate of drug-likeness (QED) is 0.627. The Morgan fingerprint density at radius 1 is 1.06 bits per heavy atom. The van der Waals surface area contributed by atoms with Gasteiger partial charge in [-0.2, -0.15) is 0 Å². The van der Waals surface area contributed by atoms with E-state index in [-0.39, 0.29) is 5.41 Å². The van der Waals surface area contributed by atoms with Crippen molar-refractivity contribution in [2.75, 3.05) is 0 Å². The van der Waals surface area contributed by atoms with Crippen molar-refractivity contribution in [3.05, 3.63) is 47.5 Å². The number of rotatable bonds is 3. The standard InChI is InChI=1S/C16H24/c1-13(2)15-10-8-14(9-11-15)7-6-12-16(3,4)5/h6,8-13H,7H2,1-5H3/b12-6+. The summed E-state index contributed by atoms with van der Waals surface area (Å²) in [5.41, 5.74) is 3.10. The van der Waals surface area contributed by atoms with Crippen molar-refractivity contribution in [2.24, 2.45) is 5.41 Å². The van der Waals surface area contributed by atoms with E-state index in [4.69, 9.17) is 0 Å². The van der Waals surface area contributed by atoms with Crippen LogP contribution in [0.5, 0.6) is 0 Å². The van der Waals surface area contributed by atoms with Crippen LogP contribution in [0.1, 0.15) is 51.7 Å². The monoisotopic (exact) mass is 216 g/mol. The van der Waals surface area contributed by atoms with Crippen molar-refractivity contribution < 1.29 is 0 Å². The summed E-state index contributed by atoms with van der Waals surface area (Å²) in [6.07, 6.45) is 5.59. The highest BCUT2D eigenvalue weighted by molar-refractivity contribution is 5.26. The van der Waals surface area contributed by atoms with Gasteiger partial charge in [-0.15, -0.1) is 0 Å². The summed E-state index contributed by atoms with van der Waals surface area (Å²) in [7, 11) is 0. The molecule has 0 aliphatic carbocycles. The minimum Gasteiger partial charge on any atom is -0.0836 e. The van der Waals surface area contributed by atoms with Gasteiger partial charge in [-0.1, -0.05) is 71.0 Å². The lowest BCUT2D eigenvalue weighted by Crippen LogP contribution is -1.98. The fraction of sp³-hybridized carbons (Fsp3) is 0.500. The van der Waals surface area contributed by atoms with E-state index < -0.39 is 0 Å². The summed E-state index contributed by atoms with van der Waals surface area (Å²) in [6.45, 7) is 11.1. The predicted molar refractivity (Wildman–Crippen MR) is 72.8 cm³/mol. The fourth-order valence-electron chi connectivity index (χ4n) is 1.59. The summed E-state index contributed by atoms with van der Waals surface area (Å²) in [6, 6.07) is 8.96. The van der Waals surface area contributed by atoms with E-state index >= 15 is 0 Å². The van der Waals surface area contributed by atoms with Crippen LogP contribution >= 0.6 is 0 Å². The van der Waals surface area contributed by atoms with Crippen LogP contribution in [0.4, 0.5) is 0 Å². The highest BCUT2D eigenvalue weighted by atomic mass is 14.1. The molecule has 0 heterocycles. The Hall–Kier alpha value is -1.04. The molecule has 88 valence electrons. The van der Waals surface area contributed by atoms with Gasteiger partial charge in [0.1, 0.15) is 0 Å². The van der Waals surface area contributed by atoms with Crippen LogP contribution in [0.25, 0.3) is 0 Å². The van der Waals surface area contributed by atoms with Crippen molar-refractivity contribution >= 4 is 0 Å². The summed E-state index contributed by atoms with van der Waals surface area (Å²) >= 11 is 0. The molecule has 0 heteroatoms. The Balaban J connectivity index is 2.59. The average molecular weight is 216 g/mol. The molecule has 0 spiro atoms. The van der Waals surface area contributed by atoms with Gasteiger partial charge in [-0.3, -0.25) is 0 Å². The molecular weight excluding hydrogens is 192 g/mol. The van der Waals surface area contributed by atoms with Gasteiger partial charge in [0, 0.05) is 0 Å². The van der Waals surface area contributed by atoms with Gasteiger partial charge >= 0.3 is 0 Å². The molecule has 0 saturated carbocycles. The van der Waals surface area contributed by atoms with Crippen LogP contribution in [-0.2, 0) is 6.42 Å². The molecule has 0 unspecified atom stereocenters.